The molecule has 6 nitrogen and oxygen atoms in total. The first-order chi connectivity index (χ1) is 9.78. The molecular weight excluding hydrogens is 274 g/mol. The van der Waals surface area contributed by atoms with E-state index in [-0.39, 0.29) is 0 Å². The molecule has 0 bridgehead atoms. The molecule has 0 aliphatic carbocycles. The summed E-state index contributed by atoms with van der Waals surface area (Å²) >= 11 is 5.45. The Morgan fingerprint density at radius 3 is 2.50 bits per heavy atom. The van der Waals surface area contributed by atoms with Crippen molar-refractivity contribution in [1.29, 1.82) is 0 Å². The van der Waals surface area contributed by atoms with Gasteiger partial charge in [-0.15, -0.1) is 0 Å². The van der Waals surface area contributed by atoms with Gasteiger partial charge in [0.25, 0.3) is 0 Å². The van der Waals surface area contributed by atoms with Crippen molar-refractivity contribution < 1.29 is 4.74 Å². The Bertz CT molecular complexity index is 627. The molecule has 0 unspecified atom stereocenters. The molecule has 106 valence electrons. The zero-order valence-corrected chi connectivity index (χ0v) is 12.2. The van der Waals surface area contributed by atoms with E-state index in [1.54, 1.807) is 16.5 Å². The van der Waals surface area contributed by atoms with Gasteiger partial charge in [-0.1, -0.05) is 0 Å². The zero-order chi connectivity index (χ0) is 13.9. The highest BCUT2D eigenvalue weighted by molar-refractivity contribution is 7.71. The minimum atomic E-state index is 0.613. The summed E-state index contributed by atoms with van der Waals surface area (Å²) in [5.74, 6) is 0.810. The van der Waals surface area contributed by atoms with Crippen LogP contribution in [0.1, 0.15) is 12.8 Å². The van der Waals surface area contributed by atoms with Crippen molar-refractivity contribution in [2.24, 2.45) is 0 Å². The van der Waals surface area contributed by atoms with Gasteiger partial charge in [0.05, 0.1) is 19.5 Å². The maximum Gasteiger partial charge on any atom is 0.221 e. The fraction of sp³-hybridized carbons (Fsp3) is 0.462. The molecule has 1 aliphatic rings. The molecule has 1 aromatic carbocycles. The second-order valence-corrected chi connectivity index (χ2v) is 5.20. The first-order valence-corrected chi connectivity index (χ1v) is 7.08. The van der Waals surface area contributed by atoms with Crippen molar-refractivity contribution >= 4 is 12.2 Å². The van der Waals surface area contributed by atoms with E-state index >= 15 is 0 Å². The normalized spacial score (nSPS) is 15.7. The van der Waals surface area contributed by atoms with Crippen LogP contribution in [-0.4, -0.2) is 44.9 Å². The largest absolute Gasteiger partial charge is 0.497 e. The smallest absolute Gasteiger partial charge is 0.221 e. The zero-order valence-electron chi connectivity index (χ0n) is 11.4. The second kappa shape index (κ2) is 5.72. The summed E-state index contributed by atoms with van der Waals surface area (Å²) < 4.78 is 9.20. The first kappa shape index (κ1) is 13.3. The van der Waals surface area contributed by atoms with Crippen LogP contribution >= 0.6 is 12.2 Å². The van der Waals surface area contributed by atoms with Gasteiger partial charge in [-0.2, -0.15) is 4.68 Å². The molecule has 0 spiro atoms. The molecule has 0 amide bonds. The Morgan fingerprint density at radius 1 is 1.15 bits per heavy atom. The SMILES string of the molecule is COc1ccc(-n2nnn(CN3CCCC3)c2=S)cc1. The molecule has 0 saturated carbocycles. The highest BCUT2D eigenvalue weighted by Gasteiger charge is 2.14. The number of methoxy groups -OCH3 is 1. The number of nitrogens with zero attached hydrogens (tertiary/aromatic N) is 5. The second-order valence-electron chi connectivity index (χ2n) is 4.84. The van der Waals surface area contributed by atoms with Gasteiger partial charge >= 0.3 is 0 Å². The minimum absolute atomic E-state index is 0.613. The Hall–Kier alpha value is -1.73. The van der Waals surface area contributed by atoms with Crippen LogP contribution < -0.4 is 4.74 Å². The summed E-state index contributed by atoms with van der Waals surface area (Å²) in [6.07, 6.45) is 2.50. The number of hydrogen-bond donors (Lipinski definition) is 0. The highest BCUT2D eigenvalue weighted by Crippen LogP contribution is 2.15. The van der Waals surface area contributed by atoms with Crippen LogP contribution in [0.15, 0.2) is 24.3 Å². The summed E-state index contributed by atoms with van der Waals surface area (Å²) in [6, 6.07) is 7.61. The first-order valence-electron chi connectivity index (χ1n) is 6.67. The molecule has 3 rings (SSSR count). The lowest BCUT2D eigenvalue weighted by Gasteiger charge is -2.12. The average Bonchev–Trinajstić information content (AvgIpc) is 3.11. The van der Waals surface area contributed by atoms with Crippen molar-refractivity contribution in [3.8, 4) is 11.4 Å². The average molecular weight is 291 g/mol. The van der Waals surface area contributed by atoms with Crippen molar-refractivity contribution in [1.82, 2.24) is 24.7 Å². The quantitative estimate of drug-likeness (QED) is 0.805. The predicted octanol–water partition coefficient (Wildman–Crippen LogP) is 1.86. The number of likely N-dealkylation sites (tertiary alicyclic amines) is 1. The maximum atomic E-state index is 5.45. The molecular formula is C13H17N5OS. The van der Waals surface area contributed by atoms with Crippen LogP contribution in [0.5, 0.6) is 5.75 Å². The maximum absolute atomic E-state index is 5.45. The van der Waals surface area contributed by atoms with Crippen LogP contribution in [0, 0.1) is 4.77 Å². The van der Waals surface area contributed by atoms with Crippen molar-refractivity contribution in [3.63, 3.8) is 0 Å². The number of ether oxygens (including phenoxy) is 1. The summed E-state index contributed by atoms with van der Waals surface area (Å²) in [7, 11) is 1.65. The van der Waals surface area contributed by atoms with Crippen LogP contribution in [0.4, 0.5) is 0 Å². The fourth-order valence-corrected chi connectivity index (χ4v) is 2.60. The van der Waals surface area contributed by atoms with Gasteiger partial charge in [0, 0.05) is 0 Å². The summed E-state index contributed by atoms with van der Waals surface area (Å²) in [6.45, 7) is 2.93. The third kappa shape index (κ3) is 2.59. The molecule has 2 aromatic rings. The number of benzene rings is 1. The van der Waals surface area contributed by atoms with E-state index < -0.39 is 0 Å². The number of aromatic nitrogens is 4. The molecule has 0 N–H and O–H groups in total. The van der Waals surface area contributed by atoms with Gasteiger partial charge in [0.2, 0.25) is 4.77 Å². The van der Waals surface area contributed by atoms with E-state index in [2.05, 4.69) is 15.3 Å². The van der Waals surface area contributed by atoms with Gasteiger partial charge < -0.3 is 4.74 Å². The van der Waals surface area contributed by atoms with Gasteiger partial charge in [-0.05, 0) is 72.8 Å². The van der Waals surface area contributed by atoms with E-state index in [4.69, 9.17) is 17.0 Å². The Balaban J connectivity index is 1.83. The van der Waals surface area contributed by atoms with Crippen LogP contribution in [0.25, 0.3) is 5.69 Å². The molecule has 0 radical (unpaired) electrons. The topological polar surface area (TPSA) is 48.1 Å². The van der Waals surface area contributed by atoms with Crippen LogP contribution in [0.2, 0.25) is 0 Å². The summed E-state index contributed by atoms with van der Waals surface area (Å²) in [4.78, 5) is 2.34. The van der Waals surface area contributed by atoms with E-state index in [0.29, 0.717) is 4.77 Å². The van der Waals surface area contributed by atoms with Gasteiger partial charge in [-0.3, -0.25) is 4.90 Å². The fourth-order valence-electron chi connectivity index (χ4n) is 2.36. The summed E-state index contributed by atoms with van der Waals surface area (Å²) in [5.41, 5.74) is 0.892. The van der Waals surface area contributed by atoms with Crippen molar-refractivity contribution in [3.05, 3.63) is 29.0 Å². The number of rotatable bonds is 4. The van der Waals surface area contributed by atoms with Gasteiger partial charge in [0.15, 0.2) is 0 Å². The molecule has 1 fully saturated rings. The third-order valence-corrected chi connectivity index (χ3v) is 3.87. The Morgan fingerprint density at radius 2 is 1.85 bits per heavy atom. The number of tetrazole rings is 1. The lowest BCUT2D eigenvalue weighted by Crippen LogP contribution is -2.23. The van der Waals surface area contributed by atoms with Gasteiger partial charge in [-0.25, -0.2) is 4.68 Å². The lowest BCUT2D eigenvalue weighted by atomic mass is 10.3. The number of hydrogen-bond acceptors (Lipinski definition) is 5. The van der Waals surface area contributed by atoms with Crippen LogP contribution in [-0.2, 0) is 6.67 Å². The van der Waals surface area contributed by atoms with Crippen molar-refractivity contribution in [2.75, 3.05) is 20.2 Å². The molecule has 1 aromatic heterocycles. The molecule has 2 heterocycles. The van der Waals surface area contributed by atoms with E-state index in [1.807, 2.05) is 24.3 Å². The lowest BCUT2D eigenvalue weighted by molar-refractivity contribution is 0.251. The van der Waals surface area contributed by atoms with E-state index in [9.17, 15) is 0 Å². The molecule has 1 aliphatic heterocycles. The highest BCUT2D eigenvalue weighted by atomic mass is 32.1. The standard InChI is InChI=1S/C13H17N5OS/c1-19-12-6-4-11(5-7-12)18-13(20)17(14-15-18)10-16-8-2-3-9-16/h4-7H,2-3,8-10H2,1H3. The van der Waals surface area contributed by atoms with Gasteiger partial charge in [0.1, 0.15) is 5.75 Å². The van der Waals surface area contributed by atoms with E-state index in [1.165, 1.54) is 12.8 Å². The van der Waals surface area contributed by atoms with Crippen molar-refractivity contribution in [2.45, 2.75) is 19.5 Å². The van der Waals surface area contributed by atoms with Crippen LogP contribution in [0.3, 0.4) is 0 Å². The summed E-state index contributed by atoms with van der Waals surface area (Å²) in [5, 5.41) is 8.29. The minimum Gasteiger partial charge on any atom is -0.497 e. The third-order valence-electron chi connectivity index (χ3n) is 3.49. The molecule has 0 atom stereocenters. The monoisotopic (exact) mass is 291 g/mol. The molecule has 1 saturated heterocycles. The Labute approximate surface area is 122 Å². The molecule has 20 heavy (non-hydrogen) atoms. The predicted molar refractivity (Wildman–Crippen MR) is 77.5 cm³/mol. The molecule has 7 heteroatoms. The Kier molecular flexibility index (Phi) is 3.79. The van der Waals surface area contributed by atoms with E-state index in [0.717, 1.165) is 31.2 Å².